The topological polar surface area (TPSA) is 33.1 Å². The molecule has 1 rings (SSSR count). The lowest BCUT2D eigenvalue weighted by Crippen LogP contribution is -2.26. The molecule has 0 unspecified atom stereocenters. The molecule has 1 N–H and O–H groups in total. The first kappa shape index (κ1) is 18.1. The highest BCUT2D eigenvalue weighted by atomic mass is 35.5. The first-order valence-corrected chi connectivity index (χ1v) is 5.09. The van der Waals surface area contributed by atoms with Crippen molar-refractivity contribution in [3.05, 3.63) is 18.0 Å². The van der Waals surface area contributed by atoms with E-state index in [0.717, 1.165) is 26.2 Å². The second-order valence-corrected chi connectivity index (χ2v) is 3.68. The van der Waals surface area contributed by atoms with Gasteiger partial charge in [-0.2, -0.15) is 5.10 Å². The Morgan fingerprint density at radius 1 is 1.38 bits per heavy atom. The summed E-state index contributed by atoms with van der Waals surface area (Å²) in [5.41, 5.74) is 1.26. The summed E-state index contributed by atoms with van der Waals surface area (Å²) in [4.78, 5) is 2.17. The van der Waals surface area contributed by atoms with Crippen LogP contribution in [0.2, 0.25) is 0 Å². The van der Waals surface area contributed by atoms with Gasteiger partial charge in [-0.25, -0.2) is 0 Å². The number of hydrogen-bond donors (Lipinski definition) is 1. The summed E-state index contributed by atoms with van der Waals surface area (Å²) in [5.74, 6) is 0. The average Bonchev–Trinajstić information content (AvgIpc) is 2.60. The summed E-state index contributed by atoms with van der Waals surface area (Å²) in [7, 11) is 4.16. The van der Waals surface area contributed by atoms with Crippen molar-refractivity contribution in [3.8, 4) is 0 Å². The number of rotatable bonds is 6. The summed E-state index contributed by atoms with van der Waals surface area (Å²) in [6, 6.07) is 0. The van der Waals surface area contributed by atoms with Crippen LogP contribution in [0, 0.1) is 0 Å². The van der Waals surface area contributed by atoms with Crippen LogP contribution in [0.25, 0.3) is 0 Å². The van der Waals surface area contributed by atoms with Crippen LogP contribution in [0.4, 0.5) is 0 Å². The molecular weight excluding hydrogens is 247 g/mol. The first-order valence-electron chi connectivity index (χ1n) is 5.09. The van der Waals surface area contributed by atoms with Crippen LogP contribution in [0.1, 0.15) is 12.5 Å². The number of aromatic nitrogens is 2. The molecule has 0 radical (unpaired) electrons. The van der Waals surface area contributed by atoms with E-state index in [4.69, 9.17) is 0 Å². The lowest BCUT2D eigenvalue weighted by Gasteiger charge is -2.09. The van der Waals surface area contributed by atoms with Gasteiger partial charge in [-0.05, 0) is 21.0 Å². The second kappa shape index (κ2) is 9.90. The van der Waals surface area contributed by atoms with Crippen LogP contribution in [-0.2, 0) is 13.1 Å². The average molecular weight is 269 g/mol. The van der Waals surface area contributed by atoms with Crippen LogP contribution in [-0.4, -0.2) is 41.9 Å². The Labute approximate surface area is 110 Å². The molecule has 0 saturated carbocycles. The van der Waals surface area contributed by atoms with Crippen molar-refractivity contribution >= 4 is 24.8 Å². The lowest BCUT2D eigenvalue weighted by molar-refractivity contribution is 0.400. The maximum Gasteiger partial charge on any atom is 0.0534 e. The number of nitrogens with one attached hydrogen (secondary N) is 1. The molecule has 96 valence electrons. The van der Waals surface area contributed by atoms with Crippen molar-refractivity contribution in [2.75, 3.05) is 27.2 Å². The third kappa shape index (κ3) is 7.06. The van der Waals surface area contributed by atoms with E-state index >= 15 is 0 Å². The number of nitrogens with zero attached hydrogens (tertiary/aromatic N) is 3. The van der Waals surface area contributed by atoms with Crippen molar-refractivity contribution in [1.29, 1.82) is 0 Å². The van der Waals surface area contributed by atoms with Gasteiger partial charge >= 0.3 is 0 Å². The molecule has 1 aromatic heterocycles. The monoisotopic (exact) mass is 268 g/mol. The predicted octanol–water partition coefficient (Wildman–Crippen LogP) is 1.40. The van der Waals surface area contributed by atoms with E-state index in [9.17, 15) is 0 Å². The lowest BCUT2D eigenvalue weighted by atomic mass is 10.3. The summed E-state index contributed by atoms with van der Waals surface area (Å²) in [5, 5.41) is 7.59. The van der Waals surface area contributed by atoms with E-state index in [1.165, 1.54) is 5.56 Å². The molecule has 0 aliphatic carbocycles. The molecule has 0 amide bonds. The van der Waals surface area contributed by atoms with Crippen LogP contribution in [0.5, 0.6) is 0 Å². The Morgan fingerprint density at radius 3 is 2.56 bits per heavy atom. The van der Waals surface area contributed by atoms with Gasteiger partial charge in [0.25, 0.3) is 0 Å². The molecule has 0 aromatic carbocycles. The highest BCUT2D eigenvalue weighted by Gasteiger charge is 1.96. The minimum atomic E-state index is 0. The number of likely N-dealkylation sites (N-methyl/N-ethyl adjacent to an activating group) is 1. The molecule has 0 atom stereocenters. The van der Waals surface area contributed by atoms with Gasteiger partial charge in [0.15, 0.2) is 0 Å². The Morgan fingerprint density at radius 2 is 2.06 bits per heavy atom. The van der Waals surface area contributed by atoms with E-state index in [1.807, 2.05) is 10.9 Å². The van der Waals surface area contributed by atoms with E-state index in [0.29, 0.717) is 0 Å². The summed E-state index contributed by atoms with van der Waals surface area (Å²) < 4.78 is 1.95. The zero-order valence-corrected chi connectivity index (χ0v) is 11.8. The molecule has 0 fully saturated rings. The fraction of sp³-hybridized carbons (Fsp3) is 0.700. The predicted molar refractivity (Wildman–Crippen MR) is 72.7 cm³/mol. The minimum absolute atomic E-state index is 0. The maximum absolute atomic E-state index is 4.21. The fourth-order valence-corrected chi connectivity index (χ4v) is 1.21. The van der Waals surface area contributed by atoms with Crippen molar-refractivity contribution in [3.63, 3.8) is 0 Å². The third-order valence-corrected chi connectivity index (χ3v) is 2.08. The Hall–Kier alpha value is -0.290. The first-order chi connectivity index (χ1) is 6.72. The van der Waals surface area contributed by atoms with Gasteiger partial charge < -0.3 is 10.2 Å². The van der Waals surface area contributed by atoms with Crippen LogP contribution >= 0.6 is 24.8 Å². The summed E-state index contributed by atoms with van der Waals surface area (Å²) in [6.45, 7) is 6.04. The quantitative estimate of drug-likeness (QED) is 0.792. The molecule has 0 spiro atoms. The van der Waals surface area contributed by atoms with Gasteiger partial charge in [0.2, 0.25) is 0 Å². The molecule has 0 aliphatic heterocycles. The molecule has 0 bridgehead atoms. The third-order valence-electron chi connectivity index (χ3n) is 2.08. The van der Waals surface area contributed by atoms with Gasteiger partial charge in [0.1, 0.15) is 0 Å². The number of halogens is 2. The molecule has 1 aromatic rings. The van der Waals surface area contributed by atoms with Crippen LogP contribution < -0.4 is 5.32 Å². The molecular formula is C10H22Cl2N4. The SMILES string of the molecule is CCn1cc(CNCCN(C)C)cn1.Cl.Cl. The largest absolute Gasteiger partial charge is 0.311 e. The Balaban J connectivity index is 0. The molecule has 4 nitrogen and oxygen atoms in total. The van der Waals surface area contributed by atoms with Crippen molar-refractivity contribution in [2.45, 2.75) is 20.0 Å². The molecule has 0 saturated heterocycles. The standard InChI is InChI=1S/C10H20N4.2ClH/c1-4-14-9-10(8-12-14)7-11-5-6-13(2)3;;/h8-9,11H,4-7H2,1-3H3;2*1H. The van der Waals surface area contributed by atoms with Crippen molar-refractivity contribution in [2.24, 2.45) is 0 Å². The van der Waals surface area contributed by atoms with Crippen LogP contribution in [0.3, 0.4) is 0 Å². The van der Waals surface area contributed by atoms with E-state index in [1.54, 1.807) is 0 Å². The second-order valence-electron chi connectivity index (χ2n) is 3.68. The smallest absolute Gasteiger partial charge is 0.0534 e. The minimum Gasteiger partial charge on any atom is -0.311 e. The zero-order valence-electron chi connectivity index (χ0n) is 10.1. The summed E-state index contributed by atoms with van der Waals surface area (Å²) >= 11 is 0. The maximum atomic E-state index is 4.21. The molecule has 0 aliphatic rings. The highest BCUT2D eigenvalue weighted by Crippen LogP contribution is 1.96. The van der Waals surface area contributed by atoms with Crippen molar-refractivity contribution in [1.82, 2.24) is 20.0 Å². The van der Waals surface area contributed by atoms with E-state index in [-0.39, 0.29) is 24.8 Å². The molecule has 16 heavy (non-hydrogen) atoms. The fourth-order valence-electron chi connectivity index (χ4n) is 1.21. The number of hydrogen-bond acceptors (Lipinski definition) is 3. The zero-order chi connectivity index (χ0) is 10.4. The Bertz CT molecular complexity index is 263. The summed E-state index contributed by atoms with van der Waals surface area (Å²) in [6.07, 6.45) is 4.01. The highest BCUT2D eigenvalue weighted by molar-refractivity contribution is 5.85. The van der Waals surface area contributed by atoms with Gasteiger partial charge in [-0.15, -0.1) is 24.8 Å². The van der Waals surface area contributed by atoms with E-state index < -0.39 is 0 Å². The van der Waals surface area contributed by atoms with Crippen molar-refractivity contribution < 1.29 is 0 Å². The van der Waals surface area contributed by atoms with Gasteiger partial charge in [0.05, 0.1) is 6.20 Å². The van der Waals surface area contributed by atoms with Gasteiger partial charge in [-0.1, -0.05) is 0 Å². The normalized spacial score (nSPS) is 9.75. The Kier molecular flexibility index (Phi) is 11.2. The number of aryl methyl sites for hydroxylation is 1. The van der Waals surface area contributed by atoms with Gasteiger partial charge in [0, 0.05) is 37.9 Å². The molecule has 1 heterocycles. The van der Waals surface area contributed by atoms with Crippen LogP contribution in [0.15, 0.2) is 12.4 Å². The molecule has 6 heteroatoms. The van der Waals surface area contributed by atoms with Gasteiger partial charge in [-0.3, -0.25) is 4.68 Å². The van der Waals surface area contributed by atoms with E-state index in [2.05, 4.69) is 42.5 Å².